The molecule has 5 heteroatoms. The van der Waals surface area contributed by atoms with Gasteiger partial charge in [0.15, 0.2) is 0 Å². The van der Waals surface area contributed by atoms with Crippen LogP contribution >= 0.6 is 11.8 Å². The van der Waals surface area contributed by atoms with Gasteiger partial charge in [-0.1, -0.05) is 6.92 Å². The monoisotopic (exact) mass is 274 g/mol. The van der Waals surface area contributed by atoms with Gasteiger partial charge in [-0.15, -0.1) is 0 Å². The van der Waals surface area contributed by atoms with Crippen molar-refractivity contribution >= 4 is 17.9 Å². The van der Waals surface area contributed by atoms with Gasteiger partial charge in [-0.3, -0.25) is 0 Å². The van der Waals surface area contributed by atoms with E-state index in [2.05, 4.69) is 17.6 Å². The largest absolute Gasteiger partial charge is 0.444 e. The third-order valence-corrected chi connectivity index (χ3v) is 4.03. The van der Waals surface area contributed by atoms with E-state index in [4.69, 9.17) is 4.74 Å². The van der Waals surface area contributed by atoms with Crippen LogP contribution < -0.4 is 10.6 Å². The highest BCUT2D eigenvalue weighted by atomic mass is 32.2. The van der Waals surface area contributed by atoms with Crippen LogP contribution in [0.15, 0.2) is 0 Å². The summed E-state index contributed by atoms with van der Waals surface area (Å²) in [7, 11) is 0. The van der Waals surface area contributed by atoms with Gasteiger partial charge in [0, 0.05) is 29.6 Å². The van der Waals surface area contributed by atoms with E-state index in [9.17, 15) is 4.79 Å². The zero-order valence-corrected chi connectivity index (χ0v) is 12.9. The topological polar surface area (TPSA) is 50.4 Å². The first-order valence-electron chi connectivity index (χ1n) is 6.61. The third-order valence-electron chi connectivity index (χ3n) is 2.67. The van der Waals surface area contributed by atoms with Crippen molar-refractivity contribution in [2.24, 2.45) is 0 Å². The molecule has 3 unspecified atom stereocenters. The first-order valence-corrected chi connectivity index (χ1v) is 7.65. The molecule has 0 aromatic carbocycles. The molecule has 0 aromatic rings. The summed E-state index contributed by atoms with van der Waals surface area (Å²) in [6.07, 6.45) is 0.870. The minimum Gasteiger partial charge on any atom is -0.444 e. The number of nitrogens with one attached hydrogen (secondary N) is 2. The van der Waals surface area contributed by atoms with Gasteiger partial charge in [-0.25, -0.2) is 4.79 Å². The van der Waals surface area contributed by atoms with E-state index in [1.165, 1.54) is 12.2 Å². The Morgan fingerprint density at radius 3 is 2.67 bits per heavy atom. The smallest absolute Gasteiger partial charge is 0.407 e. The first-order chi connectivity index (χ1) is 8.26. The van der Waals surface area contributed by atoms with E-state index in [0.717, 1.165) is 11.8 Å². The van der Waals surface area contributed by atoms with Gasteiger partial charge in [-0.2, -0.15) is 11.8 Å². The van der Waals surface area contributed by atoms with Gasteiger partial charge in [0.1, 0.15) is 5.60 Å². The fourth-order valence-electron chi connectivity index (χ4n) is 1.86. The number of carbonyl (C=O) groups is 1. The fraction of sp³-hybridized carbons (Fsp3) is 0.923. The molecule has 0 spiro atoms. The molecular formula is C13H26N2O2S. The minimum absolute atomic E-state index is 0.0840. The quantitative estimate of drug-likeness (QED) is 0.826. The molecule has 0 aromatic heterocycles. The average molecular weight is 274 g/mol. The molecular weight excluding hydrogens is 248 g/mol. The fourth-order valence-corrected chi connectivity index (χ4v) is 3.05. The number of alkyl carbamates (subject to hydrolysis) is 1. The van der Waals surface area contributed by atoms with Crippen LogP contribution in [0.1, 0.15) is 41.0 Å². The lowest BCUT2D eigenvalue weighted by molar-refractivity contribution is 0.0507. The molecule has 1 aliphatic heterocycles. The van der Waals surface area contributed by atoms with E-state index < -0.39 is 5.60 Å². The average Bonchev–Trinajstić information content (AvgIpc) is 2.58. The first kappa shape index (κ1) is 15.6. The Balaban J connectivity index is 2.17. The van der Waals surface area contributed by atoms with Crippen LogP contribution in [0.25, 0.3) is 0 Å². The highest BCUT2D eigenvalue weighted by molar-refractivity contribution is 8.00. The molecule has 1 fully saturated rings. The predicted octanol–water partition coefficient (Wildman–Crippen LogP) is 2.38. The Kier molecular flexibility index (Phi) is 5.79. The van der Waals surface area contributed by atoms with Gasteiger partial charge in [-0.05, 0) is 34.1 Å². The van der Waals surface area contributed by atoms with Crippen molar-refractivity contribution in [2.45, 2.75) is 64.0 Å². The Labute approximate surface area is 115 Å². The van der Waals surface area contributed by atoms with Gasteiger partial charge in [0.2, 0.25) is 0 Å². The third kappa shape index (κ3) is 6.50. The van der Waals surface area contributed by atoms with Crippen molar-refractivity contribution in [3.63, 3.8) is 0 Å². The molecule has 1 saturated heterocycles. The maximum atomic E-state index is 11.6. The molecule has 0 radical (unpaired) electrons. The van der Waals surface area contributed by atoms with Crippen molar-refractivity contribution in [3.05, 3.63) is 0 Å². The van der Waals surface area contributed by atoms with E-state index in [0.29, 0.717) is 6.04 Å². The number of hydrogen-bond donors (Lipinski definition) is 2. The summed E-state index contributed by atoms with van der Waals surface area (Å²) in [4.78, 5) is 11.6. The van der Waals surface area contributed by atoms with Crippen molar-refractivity contribution in [3.8, 4) is 0 Å². The molecule has 0 aliphatic carbocycles. The molecule has 18 heavy (non-hydrogen) atoms. The molecule has 1 rings (SSSR count). The lowest BCUT2D eigenvalue weighted by Gasteiger charge is -2.23. The summed E-state index contributed by atoms with van der Waals surface area (Å²) >= 11 is 2.00. The molecule has 0 saturated carbocycles. The maximum absolute atomic E-state index is 11.6. The second-order valence-corrected chi connectivity index (χ2v) is 7.50. The van der Waals surface area contributed by atoms with Crippen molar-refractivity contribution in [1.82, 2.24) is 10.6 Å². The molecule has 3 atom stereocenters. The molecule has 1 amide bonds. The number of ether oxygens (including phenoxy) is 1. The number of hydrogen-bond acceptors (Lipinski definition) is 4. The Bertz CT molecular complexity index is 279. The number of thioether (sulfide) groups is 1. The van der Waals surface area contributed by atoms with Crippen LogP contribution in [0, 0.1) is 0 Å². The zero-order valence-electron chi connectivity index (χ0n) is 12.1. The molecule has 106 valence electrons. The number of amides is 1. The highest BCUT2D eigenvalue weighted by Crippen LogP contribution is 2.25. The number of carbonyl (C=O) groups excluding carboxylic acids is 1. The van der Waals surface area contributed by atoms with Crippen molar-refractivity contribution in [1.29, 1.82) is 0 Å². The van der Waals surface area contributed by atoms with Crippen LogP contribution in [0.5, 0.6) is 0 Å². The van der Waals surface area contributed by atoms with E-state index in [1.807, 2.05) is 39.5 Å². The summed E-state index contributed by atoms with van der Waals surface area (Å²) in [5, 5.41) is 7.08. The van der Waals surface area contributed by atoms with E-state index >= 15 is 0 Å². The van der Waals surface area contributed by atoms with E-state index in [-0.39, 0.29) is 12.1 Å². The van der Waals surface area contributed by atoms with Crippen LogP contribution in [-0.2, 0) is 4.74 Å². The Morgan fingerprint density at radius 1 is 1.50 bits per heavy atom. The van der Waals surface area contributed by atoms with Crippen molar-refractivity contribution < 1.29 is 9.53 Å². The molecule has 4 nitrogen and oxygen atoms in total. The van der Waals surface area contributed by atoms with E-state index in [1.54, 1.807) is 0 Å². The summed E-state index contributed by atoms with van der Waals surface area (Å²) in [5.74, 6) is 1.17. The van der Waals surface area contributed by atoms with Gasteiger partial charge in [0.05, 0.1) is 0 Å². The van der Waals surface area contributed by atoms with Gasteiger partial charge < -0.3 is 15.4 Å². The van der Waals surface area contributed by atoms with Gasteiger partial charge in [0.25, 0.3) is 0 Å². The minimum atomic E-state index is -0.436. The number of rotatable bonds is 4. The highest BCUT2D eigenvalue weighted by Gasteiger charge is 2.22. The zero-order chi connectivity index (χ0) is 13.8. The molecule has 1 aliphatic rings. The Hall–Kier alpha value is -0.420. The van der Waals surface area contributed by atoms with Crippen LogP contribution in [0.4, 0.5) is 4.79 Å². The van der Waals surface area contributed by atoms with Crippen LogP contribution in [-0.4, -0.2) is 41.3 Å². The molecule has 2 N–H and O–H groups in total. The lowest BCUT2D eigenvalue weighted by atomic mass is 10.2. The van der Waals surface area contributed by atoms with Crippen molar-refractivity contribution in [2.75, 3.05) is 12.3 Å². The predicted molar refractivity (Wildman–Crippen MR) is 77.2 cm³/mol. The second kappa shape index (κ2) is 6.66. The Morgan fingerprint density at radius 2 is 2.17 bits per heavy atom. The maximum Gasteiger partial charge on any atom is 0.407 e. The molecule has 1 heterocycles. The standard InChI is InChI=1S/C13H26N2O2S/c1-9(15-12(16)17-13(3,4)5)7-14-11-6-10(2)18-8-11/h9-11,14H,6-8H2,1-5H3,(H,15,16). The normalized spacial score (nSPS) is 25.8. The lowest BCUT2D eigenvalue weighted by Crippen LogP contribution is -2.45. The summed E-state index contributed by atoms with van der Waals surface area (Å²) in [5.41, 5.74) is -0.436. The molecule has 0 bridgehead atoms. The summed E-state index contributed by atoms with van der Waals surface area (Å²) in [6.45, 7) is 10.6. The van der Waals surface area contributed by atoms with Crippen LogP contribution in [0.3, 0.4) is 0 Å². The second-order valence-electron chi connectivity index (χ2n) is 6.03. The van der Waals surface area contributed by atoms with Gasteiger partial charge >= 0.3 is 6.09 Å². The van der Waals surface area contributed by atoms with Crippen LogP contribution in [0.2, 0.25) is 0 Å². The summed E-state index contributed by atoms with van der Waals surface area (Å²) in [6, 6.07) is 0.661. The SMILES string of the molecule is CC(CNC1CSC(C)C1)NC(=O)OC(C)(C)C. The summed E-state index contributed by atoms with van der Waals surface area (Å²) < 4.78 is 5.22.